The van der Waals surface area contributed by atoms with Crippen molar-refractivity contribution in [1.82, 2.24) is 9.88 Å². The number of nitro benzene ring substituents is 1. The van der Waals surface area contributed by atoms with Crippen molar-refractivity contribution in [3.8, 4) is 0 Å². The molecule has 1 N–H and O–H groups in total. The predicted molar refractivity (Wildman–Crippen MR) is 112 cm³/mol. The van der Waals surface area contributed by atoms with Gasteiger partial charge in [0.05, 0.1) is 22.1 Å². The molecule has 0 unspecified atom stereocenters. The number of likely N-dealkylation sites (tertiary alicyclic amines) is 1. The van der Waals surface area contributed by atoms with E-state index in [1.807, 2.05) is 0 Å². The number of para-hydroxylation sites is 1. The normalized spacial score (nSPS) is 17.7. The van der Waals surface area contributed by atoms with Crippen LogP contribution in [0.25, 0.3) is 5.76 Å². The zero-order valence-electron chi connectivity index (χ0n) is 16.2. The van der Waals surface area contributed by atoms with Gasteiger partial charge in [-0.05, 0) is 17.7 Å². The summed E-state index contributed by atoms with van der Waals surface area (Å²) < 4.78 is 0. The average Bonchev–Trinajstić information content (AvgIpc) is 3.04. The molecule has 8 heteroatoms. The van der Waals surface area contributed by atoms with Gasteiger partial charge in [0.2, 0.25) is 0 Å². The SMILES string of the molecule is O=C1C(=O)N(Cc2cccnc2)[C@@H](c2ccccc2[N+](=O)[O-])C1=C(O)c1ccccc1. The smallest absolute Gasteiger partial charge is 0.295 e. The van der Waals surface area contributed by atoms with Gasteiger partial charge >= 0.3 is 0 Å². The first kappa shape index (κ1) is 20.0. The fraction of sp³-hybridized carbons (Fsp3) is 0.0870. The van der Waals surface area contributed by atoms with Crippen molar-refractivity contribution >= 4 is 23.1 Å². The Kier molecular flexibility index (Phi) is 5.28. The van der Waals surface area contributed by atoms with Crippen LogP contribution in [0.1, 0.15) is 22.7 Å². The first-order valence-electron chi connectivity index (χ1n) is 9.45. The molecule has 0 saturated carbocycles. The molecule has 1 fully saturated rings. The van der Waals surface area contributed by atoms with Gasteiger partial charge in [0, 0.05) is 30.6 Å². The minimum Gasteiger partial charge on any atom is -0.507 e. The molecule has 1 atom stereocenters. The predicted octanol–water partition coefficient (Wildman–Crippen LogP) is 3.61. The summed E-state index contributed by atoms with van der Waals surface area (Å²) in [5, 5.41) is 22.6. The number of benzene rings is 2. The molecule has 31 heavy (non-hydrogen) atoms. The lowest BCUT2D eigenvalue weighted by molar-refractivity contribution is -0.385. The Labute approximate surface area is 177 Å². The van der Waals surface area contributed by atoms with E-state index in [-0.39, 0.29) is 29.1 Å². The number of carbonyl (C=O) groups excluding carboxylic acids is 2. The molecule has 1 aromatic heterocycles. The van der Waals surface area contributed by atoms with Crippen molar-refractivity contribution in [3.05, 3.63) is 112 Å². The van der Waals surface area contributed by atoms with Crippen LogP contribution in [0.2, 0.25) is 0 Å². The highest BCUT2D eigenvalue weighted by molar-refractivity contribution is 6.46. The zero-order chi connectivity index (χ0) is 22.0. The van der Waals surface area contributed by atoms with Crippen LogP contribution >= 0.6 is 0 Å². The number of nitro groups is 1. The molecule has 1 amide bonds. The Balaban J connectivity index is 1.93. The van der Waals surface area contributed by atoms with Crippen molar-refractivity contribution in [2.45, 2.75) is 12.6 Å². The third-order valence-electron chi connectivity index (χ3n) is 5.09. The van der Waals surface area contributed by atoms with E-state index in [9.17, 15) is 24.8 Å². The van der Waals surface area contributed by atoms with E-state index in [0.29, 0.717) is 11.1 Å². The molecule has 2 aromatic carbocycles. The molecule has 1 aliphatic heterocycles. The lowest BCUT2D eigenvalue weighted by atomic mass is 9.94. The number of carbonyl (C=O) groups is 2. The fourth-order valence-electron chi connectivity index (χ4n) is 3.69. The number of aliphatic hydroxyl groups excluding tert-OH is 1. The van der Waals surface area contributed by atoms with Crippen LogP contribution in [-0.2, 0) is 16.1 Å². The number of hydrogen-bond acceptors (Lipinski definition) is 6. The van der Waals surface area contributed by atoms with Crippen molar-refractivity contribution in [3.63, 3.8) is 0 Å². The molecule has 0 bridgehead atoms. The molecule has 1 aliphatic rings. The Hall–Kier alpha value is -4.33. The van der Waals surface area contributed by atoms with Crippen LogP contribution < -0.4 is 0 Å². The van der Waals surface area contributed by atoms with E-state index in [4.69, 9.17) is 0 Å². The average molecular weight is 415 g/mol. The van der Waals surface area contributed by atoms with Crippen LogP contribution in [0, 0.1) is 10.1 Å². The number of amides is 1. The van der Waals surface area contributed by atoms with E-state index < -0.39 is 22.7 Å². The van der Waals surface area contributed by atoms with Crippen LogP contribution in [0.15, 0.2) is 84.7 Å². The summed E-state index contributed by atoms with van der Waals surface area (Å²) in [5.41, 5.74) is 0.699. The second-order valence-corrected chi connectivity index (χ2v) is 6.97. The second kappa shape index (κ2) is 8.19. The number of aliphatic hydroxyl groups is 1. The number of aromatic nitrogens is 1. The lowest BCUT2D eigenvalue weighted by Gasteiger charge is -2.25. The lowest BCUT2D eigenvalue weighted by Crippen LogP contribution is -2.29. The Bertz CT molecular complexity index is 1190. The maximum atomic E-state index is 13.0. The maximum absolute atomic E-state index is 13.0. The van der Waals surface area contributed by atoms with Crippen molar-refractivity contribution < 1.29 is 19.6 Å². The third-order valence-corrected chi connectivity index (χ3v) is 5.09. The molecular formula is C23H17N3O5. The largest absolute Gasteiger partial charge is 0.507 e. The van der Waals surface area contributed by atoms with Crippen molar-refractivity contribution in [2.24, 2.45) is 0 Å². The minimum atomic E-state index is -1.12. The molecule has 4 rings (SSSR count). The number of hydrogen-bond donors (Lipinski definition) is 1. The molecule has 2 heterocycles. The Morgan fingerprint density at radius 3 is 2.42 bits per heavy atom. The summed E-state index contributed by atoms with van der Waals surface area (Å²) in [7, 11) is 0. The molecule has 154 valence electrons. The summed E-state index contributed by atoms with van der Waals surface area (Å²) in [6.07, 6.45) is 3.12. The summed E-state index contributed by atoms with van der Waals surface area (Å²) in [4.78, 5) is 42.3. The molecule has 8 nitrogen and oxygen atoms in total. The summed E-state index contributed by atoms with van der Waals surface area (Å²) in [6.45, 7) is 0.000693. The highest BCUT2D eigenvalue weighted by Gasteiger charge is 2.48. The summed E-state index contributed by atoms with van der Waals surface area (Å²) in [6, 6.07) is 16.5. The first-order chi connectivity index (χ1) is 15.0. The quantitative estimate of drug-likeness (QED) is 0.224. The standard InChI is InChI=1S/C23H17N3O5/c27-21(16-8-2-1-3-9-16)19-20(17-10-4-5-11-18(17)26(30)31)25(23(29)22(19)28)14-15-7-6-12-24-13-15/h1-13,20,27H,14H2/t20-/m0/s1. The van der Waals surface area contributed by atoms with Crippen LogP contribution in [0.4, 0.5) is 5.69 Å². The van der Waals surface area contributed by atoms with E-state index >= 15 is 0 Å². The topological polar surface area (TPSA) is 114 Å². The van der Waals surface area contributed by atoms with Gasteiger partial charge in [-0.3, -0.25) is 24.7 Å². The van der Waals surface area contributed by atoms with E-state index in [2.05, 4.69) is 4.98 Å². The number of ketones is 1. The molecular weight excluding hydrogens is 398 g/mol. The number of nitrogens with zero attached hydrogens (tertiary/aromatic N) is 3. The highest BCUT2D eigenvalue weighted by atomic mass is 16.6. The Morgan fingerprint density at radius 2 is 1.74 bits per heavy atom. The van der Waals surface area contributed by atoms with Gasteiger partial charge in [-0.2, -0.15) is 0 Å². The monoisotopic (exact) mass is 415 g/mol. The highest BCUT2D eigenvalue weighted by Crippen LogP contribution is 2.43. The zero-order valence-corrected chi connectivity index (χ0v) is 16.2. The number of Topliss-reactive ketones (excluding diaryl/α,β-unsaturated/α-hetero) is 1. The fourth-order valence-corrected chi connectivity index (χ4v) is 3.69. The Morgan fingerprint density at radius 1 is 1.03 bits per heavy atom. The third kappa shape index (κ3) is 3.66. The van der Waals surface area contributed by atoms with Crippen LogP contribution in [0.5, 0.6) is 0 Å². The maximum Gasteiger partial charge on any atom is 0.295 e. The van der Waals surface area contributed by atoms with Crippen molar-refractivity contribution in [1.29, 1.82) is 0 Å². The van der Waals surface area contributed by atoms with Crippen LogP contribution in [-0.4, -0.2) is 31.6 Å². The molecule has 0 spiro atoms. The van der Waals surface area contributed by atoms with Gasteiger partial charge in [-0.25, -0.2) is 0 Å². The first-order valence-corrected chi connectivity index (χ1v) is 9.45. The van der Waals surface area contributed by atoms with Gasteiger partial charge in [0.1, 0.15) is 5.76 Å². The number of rotatable bonds is 5. The van der Waals surface area contributed by atoms with Gasteiger partial charge in [-0.15, -0.1) is 0 Å². The molecule has 0 radical (unpaired) electrons. The van der Waals surface area contributed by atoms with Gasteiger partial charge in [0.25, 0.3) is 17.4 Å². The molecule has 1 saturated heterocycles. The van der Waals surface area contributed by atoms with E-state index in [0.717, 1.165) is 0 Å². The van der Waals surface area contributed by atoms with Gasteiger partial charge in [-0.1, -0.05) is 48.5 Å². The van der Waals surface area contributed by atoms with E-state index in [1.165, 1.54) is 23.1 Å². The second-order valence-electron chi connectivity index (χ2n) is 6.97. The van der Waals surface area contributed by atoms with Gasteiger partial charge < -0.3 is 10.0 Å². The summed E-state index contributed by atoms with van der Waals surface area (Å²) >= 11 is 0. The van der Waals surface area contributed by atoms with Gasteiger partial charge in [0.15, 0.2) is 0 Å². The summed E-state index contributed by atoms with van der Waals surface area (Å²) in [5.74, 6) is -2.12. The van der Waals surface area contributed by atoms with Crippen LogP contribution in [0.3, 0.4) is 0 Å². The minimum absolute atomic E-state index is 0.000693. The van der Waals surface area contributed by atoms with Crippen molar-refractivity contribution in [2.75, 3.05) is 0 Å². The van der Waals surface area contributed by atoms with E-state index in [1.54, 1.807) is 60.9 Å². The molecule has 3 aromatic rings. The molecule has 0 aliphatic carbocycles. The number of pyridine rings is 1.